The molecule has 0 aliphatic rings. The third-order valence-corrected chi connectivity index (χ3v) is 4.58. The number of nitrogen functional groups attached to an aromatic ring is 1. The van der Waals surface area contributed by atoms with Gasteiger partial charge in [-0.25, -0.2) is 17.5 Å². The predicted molar refractivity (Wildman–Crippen MR) is 81.3 cm³/mol. The van der Waals surface area contributed by atoms with Gasteiger partial charge in [0.1, 0.15) is 0 Å². The van der Waals surface area contributed by atoms with Crippen LogP contribution in [0.2, 0.25) is 0 Å². The van der Waals surface area contributed by atoms with Gasteiger partial charge in [-0.15, -0.1) is 0 Å². The van der Waals surface area contributed by atoms with Crippen molar-refractivity contribution in [1.29, 1.82) is 0 Å². The van der Waals surface area contributed by atoms with Crippen molar-refractivity contribution in [1.82, 2.24) is 4.72 Å². The fourth-order valence-electron chi connectivity index (χ4n) is 1.58. The lowest BCUT2D eigenvalue weighted by atomic mass is 10.3. The van der Waals surface area contributed by atoms with Crippen molar-refractivity contribution < 1.29 is 17.5 Å². The molecule has 0 aromatic heterocycles. The van der Waals surface area contributed by atoms with Gasteiger partial charge in [0, 0.05) is 4.47 Å². The number of ether oxygens (including phenoxy) is 1. The molecule has 0 heterocycles. The first kappa shape index (κ1) is 15.7. The zero-order chi connectivity index (χ0) is 15.6. The summed E-state index contributed by atoms with van der Waals surface area (Å²) >= 11 is 3.14. The molecule has 0 spiro atoms. The second-order valence-electron chi connectivity index (χ2n) is 4.08. The number of nitrogens with one attached hydrogen (secondary N) is 1. The minimum atomic E-state index is -3.59. The van der Waals surface area contributed by atoms with Gasteiger partial charge < -0.3 is 10.5 Å². The Bertz CT molecular complexity index is 781. The summed E-state index contributed by atoms with van der Waals surface area (Å²) in [4.78, 5) is 0.00567. The van der Waals surface area contributed by atoms with Gasteiger partial charge in [0.05, 0.1) is 10.6 Å². The van der Waals surface area contributed by atoms with Crippen molar-refractivity contribution in [3.63, 3.8) is 0 Å². The van der Waals surface area contributed by atoms with Gasteiger partial charge in [0.2, 0.25) is 10.0 Å². The van der Waals surface area contributed by atoms with Crippen LogP contribution in [0.25, 0.3) is 0 Å². The highest BCUT2D eigenvalue weighted by Crippen LogP contribution is 2.31. The van der Waals surface area contributed by atoms with Crippen molar-refractivity contribution in [3.8, 4) is 11.5 Å². The number of halogens is 2. The molecule has 8 heteroatoms. The van der Waals surface area contributed by atoms with Crippen molar-refractivity contribution in [3.05, 3.63) is 46.7 Å². The summed E-state index contributed by atoms with van der Waals surface area (Å²) < 4.78 is 45.1. The van der Waals surface area contributed by atoms with Crippen LogP contribution in [-0.2, 0) is 10.0 Å². The van der Waals surface area contributed by atoms with Gasteiger partial charge in [-0.3, -0.25) is 0 Å². The van der Waals surface area contributed by atoms with Crippen molar-refractivity contribution in [2.24, 2.45) is 0 Å². The van der Waals surface area contributed by atoms with E-state index in [1.165, 1.54) is 37.4 Å². The Hall–Kier alpha value is -1.64. The quantitative estimate of drug-likeness (QED) is 0.806. The van der Waals surface area contributed by atoms with Gasteiger partial charge in [-0.2, -0.15) is 0 Å². The highest BCUT2D eigenvalue weighted by molar-refractivity contribution is 9.10. The molecule has 0 saturated heterocycles. The van der Waals surface area contributed by atoms with E-state index in [9.17, 15) is 12.8 Å². The number of hydrogen-bond acceptors (Lipinski definition) is 4. The van der Waals surface area contributed by atoms with E-state index in [1.807, 2.05) is 0 Å². The molecule has 0 aliphatic heterocycles. The van der Waals surface area contributed by atoms with Crippen LogP contribution >= 0.6 is 15.9 Å². The second-order valence-corrected chi connectivity index (χ2v) is 6.89. The third-order valence-electron chi connectivity index (χ3n) is 2.67. The SMILES string of the molecule is CNS(=O)(=O)c1ccc(Oc2ccc(Br)cc2F)c(N)c1. The van der Waals surface area contributed by atoms with Crippen LogP contribution in [0.1, 0.15) is 0 Å². The van der Waals surface area contributed by atoms with Crippen molar-refractivity contribution >= 4 is 31.6 Å². The van der Waals surface area contributed by atoms with Gasteiger partial charge >= 0.3 is 0 Å². The predicted octanol–water partition coefficient (Wildman–Crippen LogP) is 2.87. The Labute approximate surface area is 130 Å². The van der Waals surface area contributed by atoms with E-state index in [1.54, 1.807) is 6.07 Å². The molecule has 2 aromatic rings. The zero-order valence-electron chi connectivity index (χ0n) is 10.9. The molecule has 0 bridgehead atoms. The Kier molecular flexibility index (Phi) is 4.50. The summed E-state index contributed by atoms with van der Waals surface area (Å²) in [5, 5.41) is 0. The Balaban J connectivity index is 2.34. The molecule has 2 rings (SSSR count). The fourth-order valence-corrected chi connectivity index (χ4v) is 2.68. The molecule has 0 fully saturated rings. The van der Waals surface area contributed by atoms with Crippen LogP contribution < -0.4 is 15.2 Å². The van der Waals surface area contributed by atoms with Gasteiger partial charge in [-0.1, -0.05) is 15.9 Å². The van der Waals surface area contributed by atoms with E-state index in [2.05, 4.69) is 20.7 Å². The molecule has 0 radical (unpaired) electrons. The minimum Gasteiger partial charge on any atom is -0.452 e. The maximum atomic E-state index is 13.7. The summed E-state index contributed by atoms with van der Waals surface area (Å²) in [5.74, 6) is -0.393. The molecule has 0 amide bonds. The maximum absolute atomic E-state index is 13.7. The summed E-state index contributed by atoms with van der Waals surface area (Å²) in [6.07, 6.45) is 0. The lowest BCUT2D eigenvalue weighted by molar-refractivity contribution is 0.443. The maximum Gasteiger partial charge on any atom is 0.240 e. The van der Waals surface area contributed by atoms with Gasteiger partial charge in [0.25, 0.3) is 0 Å². The summed E-state index contributed by atoms with van der Waals surface area (Å²) in [6, 6.07) is 8.27. The van der Waals surface area contributed by atoms with Crippen molar-refractivity contribution in [2.75, 3.05) is 12.8 Å². The largest absolute Gasteiger partial charge is 0.452 e. The van der Waals surface area contributed by atoms with E-state index >= 15 is 0 Å². The van der Waals surface area contributed by atoms with Crippen LogP contribution in [0.5, 0.6) is 11.5 Å². The summed E-state index contributed by atoms with van der Waals surface area (Å²) in [5.41, 5.74) is 5.84. The van der Waals surface area contributed by atoms with E-state index in [0.29, 0.717) is 4.47 Å². The number of sulfonamides is 1. The zero-order valence-corrected chi connectivity index (χ0v) is 13.3. The minimum absolute atomic E-state index is 0.00544. The van der Waals surface area contributed by atoms with E-state index in [4.69, 9.17) is 10.5 Å². The van der Waals surface area contributed by atoms with Crippen molar-refractivity contribution in [2.45, 2.75) is 4.90 Å². The van der Waals surface area contributed by atoms with Crippen LogP contribution in [-0.4, -0.2) is 15.5 Å². The van der Waals surface area contributed by atoms with Gasteiger partial charge in [-0.05, 0) is 43.4 Å². The molecule has 0 atom stereocenters. The number of rotatable bonds is 4. The number of anilines is 1. The Morgan fingerprint density at radius 2 is 1.86 bits per heavy atom. The lowest BCUT2D eigenvalue weighted by Crippen LogP contribution is -2.18. The normalized spacial score (nSPS) is 11.4. The van der Waals surface area contributed by atoms with E-state index in [0.717, 1.165) is 0 Å². The Morgan fingerprint density at radius 1 is 1.19 bits per heavy atom. The first-order valence-corrected chi connectivity index (χ1v) is 8.07. The molecule has 0 aliphatic carbocycles. The summed E-state index contributed by atoms with van der Waals surface area (Å²) in [7, 11) is -2.29. The number of benzene rings is 2. The molecular formula is C13H12BrFN2O3S. The van der Waals surface area contributed by atoms with Crippen LogP contribution in [0.15, 0.2) is 45.8 Å². The summed E-state index contributed by atoms with van der Waals surface area (Å²) in [6.45, 7) is 0. The topological polar surface area (TPSA) is 81.4 Å². The first-order chi connectivity index (χ1) is 9.83. The fraction of sp³-hybridized carbons (Fsp3) is 0.0769. The molecule has 21 heavy (non-hydrogen) atoms. The molecule has 3 N–H and O–H groups in total. The van der Waals surface area contributed by atoms with Crippen LogP contribution in [0, 0.1) is 5.82 Å². The third kappa shape index (κ3) is 3.52. The number of hydrogen-bond donors (Lipinski definition) is 2. The van der Waals surface area contributed by atoms with Crippen LogP contribution in [0.4, 0.5) is 10.1 Å². The van der Waals surface area contributed by atoms with Crippen LogP contribution in [0.3, 0.4) is 0 Å². The van der Waals surface area contributed by atoms with E-state index in [-0.39, 0.29) is 22.1 Å². The molecule has 2 aromatic carbocycles. The molecule has 0 unspecified atom stereocenters. The standard InChI is InChI=1S/C13H12BrFN2O3S/c1-17-21(18,19)9-3-5-13(11(16)7-9)20-12-4-2-8(14)6-10(12)15/h2-7,17H,16H2,1H3. The molecule has 112 valence electrons. The lowest BCUT2D eigenvalue weighted by Gasteiger charge is -2.11. The number of nitrogens with two attached hydrogens (primary N) is 1. The highest BCUT2D eigenvalue weighted by atomic mass is 79.9. The smallest absolute Gasteiger partial charge is 0.240 e. The second kappa shape index (κ2) is 6.00. The van der Waals surface area contributed by atoms with Gasteiger partial charge in [0.15, 0.2) is 17.3 Å². The monoisotopic (exact) mass is 374 g/mol. The Morgan fingerprint density at radius 3 is 2.43 bits per heavy atom. The molecule has 5 nitrogen and oxygen atoms in total. The van der Waals surface area contributed by atoms with E-state index < -0.39 is 15.8 Å². The average Bonchev–Trinajstić information content (AvgIpc) is 2.43. The molecular weight excluding hydrogens is 363 g/mol. The first-order valence-electron chi connectivity index (χ1n) is 5.79. The highest BCUT2D eigenvalue weighted by Gasteiger charge is 2.14. The molecule has 0 saturated carbocycles. The average molecular weight is 375 g/mol.